The van der Waals surface area contributed by atoms with Crippen LogP contribution in [0.1, 0.15) is 68.3 Å². The van der Waals surface area contributed by atoms with Crippen molar-refractivity contribution >= 4 is 0 Å². The maximum absolute atomic E-state index is 4.30. The third kappa shape index (κ3) is 8.80. The predicted octanol–water partition coefficient (Wildman–Crippen LogP) is 2.83. The molecule has 0 atom stereocenters. The molecule has 6 heterocycles. The molecule has 246 valence electrons. The quantitative estimate of drug-likeness (QED) is 0.215. The van der Waals surface area contributed by atoms with Crippen LogP contribution in [-0.2, 0) is 0 Å². The van der Waals surface area contributed by atoms with Crippen LogP contribution in [0.2, 0.25) is 0 Å². The molecule has 1 aromatic carbocycles. The number of nitrogens with zero attached hydrogens (tertiary/aromatic N) is 12. The lowest BCUT2D eigenvalue weighted by Gasteiger charge is -2.12. The fraction of sp³-hybridized carbons (Fsp3) is 0. The summed E-state index contributed by atoms with van der Waals surface area (Å²) in [5.74, 6) is 39.1. The van der Waals surface area contributed by atoms with Crippen LogP contribution < -0.4 is 0 Å². The smallest absolute Gasteiger partial charge is 0.205 e. The third-order valence-corrected chi connectivity index (χ3v) is 6.69. The zero-order valence-electron chi connectivity index (χ0n) is 27.8. The van der Waals surface area contributed by atoms with E-state index in [-0.39, 0.29) is 34.9 Å². The van der Waals surface area contributed by atoms with Gasteiger partial charge in [-0.2, -0.15) is 0 Å². The topological polar surface area (TPSA) is 155 Å². The molecule has 0 unspecified atom stereocenters. The SMILES string of the molecule is C(#Cc1c(C#Cc2ncccn2)c(C#Cc2ncccn2)c(C#Cc2ncccn2)c(C#Cc2ncccn2)c1C#Cc1ncccn1)c1ncccn1. The maximum atomic E-state index is 4.30. The van der Waals surface area contributed by atoms with Gasteiger partial charge in [0.25, 0.3) is 0 Å². The minimum atomic E-state index is 0.258. The van der Waals surface area contributed by atoms with Crippen LogP contribution >= 0.6 is 0 Å². The van der Waals surface area contributed by atoms with Gasteiger partial charge in [-0.05, 0) is 71.9 Å². The van der Waals surface area contributed by atoms with Crippen molar-refractivity contribution in [2.75, 3.05) is 0 Å². The maximum Gasteiger partial charge on any atom is 0.205 e. The van der Waals surface area contributed by atoms with Crippen molar-refractivity contribution in [3.63, 3.8) is 0 Å². The van der Waals surface area contributed by atoms with Crippen LogP contribution in [0.25, 0.3) is 0 Å². The zero-order valence-corrected chi connectivity index (χ0v) is 27.8. The van der Waals surface area contributed by atoms with Crippen LogP contribution in [0.5, 0.6) is 0 Å². The highest BCUT2D eigenvalue weighted by Crippen LogP contribution is 2.27. The Balaban J connectivity index is 1.65. The molecule has 12 heteroatoms. The van der Waals surface area contributed by atoms with Gasteiger partial charge in [-0.3, -0.25) is 0 Å². The number of aromatic nitrogens is 12. The lowest BCUT2D eigenvalue weighted by molar-refractivity contribution is 1.12. The molecular formula is C42H18N12. The number of hydrogen-bond donors (Lipinski definition) is 0. The molecule has 7 aromatic rings. The first-order valence-corrected chi connectivity index (χ1v) is 15.8. The van der Waals surface area contributed by atoms with E-state index in [1.165, 1.54) is 0 Å². The van der Waals surface area contributed by atoms with E-state index in [0.717, 1.165) is 0 Å². The Morgan fingerprint density at radius 3 is 0.444 bits per heavy atom. The van der Waals surface area contributed by atoms with Gasteiger partial charge >= 0.3 is 0 Å². The van der Waals surface area contributed by atoms with Gasteiger partial charge in [-0.15, -0.1) is 0 Å². The van der Waals surface area contributed by atoms with Crippen LogP contribution in [-0.4, -0.2) is 59.8 Å². The van der Waals surface area contributed by atoms with E-state index in [4.69, 9.17) is 0 Å². The summed E-state index contributed by atoms with van der Waals surface area (Å²) in [6.45, 7) is 0. The molecule has 0 saturated carbocycles. The molecule has 0 saturated heterocycles. The molecule has 0 radical (unpaired) electrons. The molecule has 0 N–H and O–H groups in total. The molecule has 0 spiro atoms. The summed E-state index contributed by atoms with van der Waals surface area (Å²) >= 11 is 0. The van der Waals surface area contributed by atoms with E-state index in [1.54, 1.807) is 111 Å². The highest BCUT2D eigenvalue weighted by molar-refractivity contribution is 5.78. The van der Waals surface area contributed by atoms with Gasteiger partial charge in [-0.1, -0.05) is 35.5 Å². The summed E-state index contributed by atoms with van der Waals surface area (Å²) < 4.78 is 0. The lowest BCUT2D eigenvalue weighted by atomic mass is 9.86. The van der Waals surface area contributed by atoms with Gasteiger partial charge < -0.3 is 0 Å². The minimum Gasteiger partial charge on any atom is -0.229 e. The Morgan fingerprint density at radius 2 is 0.315 bits per heavy atom. The van der Waals surface area contributed by atoms with Crippen LogP contribution in [0.3, 0.4) is 0 Å². The van der Waals surface area contributed by atoms with Crippen molar-refractivity contribution in [3.05, 3.63) is 179 Å². The fourth-order valence-corrected chi connectivity index (χ4v) is 4.39. The second kappa shape index (κ2) is 17.1. The van der Waals surface area contributed by atoms with Crippen molar-refractivity contribution in [1.29, 1.82) is 0 Å². The second-order valence-corrected chi connectivity index (χ2v) is 10.2. The van der Waals surface area contributed by atoms with Crippen molar-refractivity contribution in [3.8, 4) is 71.0 Å². The molecule has 0 bridgehead atoms. The summed E-state index contributed by atoms with van der Waals surface area (Å²) in [5.41, 5.74) is 2.04. The monoisotopic (exact) mass is 690 g/mol. The largest absolute Gasteiger partial charge is 0.229 e. The van der Waals surface area contributed by atoms with Crippen LogP contribution in [0.15, 0.2) is 111 Å². The lowest BCUT2D eigenvalue weighted by Crippen LogP contribution is -2.06. The molecule has 0 aliphatic carbocycles. The highest BCUT2D eigenvalue weighted by Gasteiger charge is 2.21. The predicted molar refractivity (Wildman–Crippen MR) is 195 cm³/mol. The molecule has 0 aliphatic rings. The molecule has 12 nitrogen and oxygen atoms in total. The van der Waals surface area contributed by atoms with Gasteiger partial charge in [0.15, 0.2) is 0 Å². The summed E-state index contributed by atoms with van der Waals surface area (Å²) in [5, 5.41) is 0. The average Bonchev–Trinajstić information content (AvgIpc) is 3.24. The molecule has 7 rings (SSSR count). The Labute approximate surface area is 309 Å². The standard InChI is InChI=1S/C42H18N12/c1-19-43-37(44-20-1)13-7-31-32(8-14-38-45-21-2-22-46-38)34(10-16-40-49-25-4-26-50-40)36(12-18-42-53-29-6-30-54-42)35(11-17-41-51-27-5-28-52-41)33(31)9-15-39-47-23-3-24-48-39/h1-6,19-30H. The van der Waals surface area contributed by atoms with Gasteiger partial charge in [0.1, 0.15) is 0 Å². The first-order valence-electron chi connectivity index (χ1n) is 15.8. The van der Waals surface area contributed by atoms with Crippen molar-refractivity contribution < 1.29 is 0 Å². The summed E-state index contributed by atoms with van der Waals surface area (Å²) in [7, 11) is 0. The van der Waals surface area contributed by atoms with Gasteiger partial charge in [-0.25, -0.2) is 59.8 Å². The zero-order chi connectivity index (χ0) is 36.6. The average molecular weight is 691 g/mol. The molecular weight excluding hydrogens is 673 g/mol. The number of hydrogen-bond acceptors (Lipinski definition) is 12. The Hall–Kier alpha value is -8.94. The van der Waals surface area contributed by atoms with E-state index in [2.05, 4.69) is 131 Å². The Bertz CT molecular complexity index is 2290. The summed E-state index contributed by atoms with van der Waals surface area (Å²) in [4.78, 5) is 51.5. The highest BCUT2D eigenvalue weighted by atomic mass is 14.9. The first kappa shape index (κ1) is 33.6. The normalized spacial score (nSPS) is 9.33. The Morgan fingerprint density at radius 1 is 0.185 bits per heavy atom. The van der Waals surface area contributed by atoms with Crippen molar-refractivity contribution in [2.45, 2.75) is 0 Å². The summed E-state index contributed by atoms with van der Waals surface area (Å²) in [6.07, 6.45) is 19.1. The fourth-order valence-electron chi connectivity index (χ4n) is 4.39. The van der Waals surface area contributed by atoms with Crippen molar-refractivity contribution in [1.82, 2.24) is 59.8 Å². The van der Waals surface area contributed by atoms with E-state index in [1.807, 2.05) is 0 Å². The van der Waals surface area contributed by atoms with Gasteiger partial charge in [0.2, 0.25) is 34.9 Å². The molecule has 0 amide bonds. The Kier molecular flexibility index (Phi) is 10.6. The minimum absolute atomic E-state index is 0.258. The number of rotatable bonds is 0. The van der Waals surface area contributed by atoms with E-state index in [9.17, 15) is 0 Å². The third-order valence-electron chi connectivity index (χ3n) is 6.69. The van der Waals surface area contributed by atoms with Crippen molar-refractivity contribution in [2.24, 2.45) is 0 Å². The second-order valence-electron chi connectivity index (χ2n) is 10.2. The van der Waals surface area contributed by atoms with Gasteiger partial charge in [0.05, 0.1) is 33.4 Å². The molecule has 6 aromatic heterocycles. The van der Waals surface area contributed by atoms with Crippen LogP contribution in [0.4, 0.5) is 0 Å². The van der Waals surface area contributed by atoms with Gasteiger partial charge in [0, 0.05) is 74.4 Å². The number of benzene rings is 1. The molecule has 54 heavy (non-hydrogen) atoms. The van der Waals surface area contributed by atoms with E-state index < -0.39 is 0 Å². The van der Waals surface area contributed by atoms with E-state index in [0.29, 0.717) is 33.4 Å². The first-order chi connectivity index (χ1) is 26.8. The van der Waals surface area contributed by atoms with E-state index >= 15 is 0 Å². The molecule has 0 fully saturated rings. The molecule has 0 aliphatic heterocycles. The summed E-state index contributed by atoms with van der Waals surface area (Å²) in [6, 6.07) is 10.2. The van der Waals surface area contributed by atoms with Crippen LogP contribution in [0, 0.1) is 71.0 Å².